The first-order chi connectivity index (χ1) is 10.5. The van der Waals surface area contributed by atoms with Gasteiger partial charge in [-0.15, -0.1) is 0 Å². The first-order valence-corrected chi connectivity index (χ1v) is 7.25. The molecule has 0 saturated carbocycles. The average Bonchev–Trinajstić information content (AvgIpc) is 2.53. The summed E-state index contributed by atoms with van der Waals surface area (Å²) < 4.78 is 15.6. The smallest absolute Gasteiger partial charge is 0.410 e. The molecule has 6 nitrogen and oxygen atoms in total. The minimum atomic E-state index is -1.10. The lowest BCUT2D eigenvalue weighted by Gasteiger charge is -2.51. The van der Waals surface area contributed by atoms with Crippen molar-refractivity contribution in [2.75, 3.05) is 20.3 Å². The van der Waals surface area contributed by atoms with Gasteiger partial charge in [-0.3, -0.25) is 4.90 Å². The Kier molecular flexibility index (Phi) is 5.03. The molecule has 1 aromatic rings. The highest BCUT2D eigenvalue weighted by Crippen LogP contribution is 2.34. The van der Waals surface area contributed by atoms with Gasteiger partial charge < -0.3 is 14.2 Å². The minimum Gasteiger partial charge on any atom is -0.464 e. The molecule has 0 aromatic heterocycles. The molecule has 1 aromatic carbocycles. The lowest BCUT2D eigenvalue weighted by molar-refractivity contribution is -0.201. The van der Waals surface area contributed by atoms with E-state index in [2.05, 4.69) is 0 Å². The zero-order valence-corrected chi connectivity index (χ0v) is 13.1. The Morgan fingerprint density at radius 2 is 1.95 bits per heavy atom. The van der Waals surface area contributed by atoms with Crippen LogP contribution in [0.2, 0.25) is 0 Å². The van der Waals surface area contributed by atoms with Crippen LogP contribution in [0.25, 0.3) is 0 Å². The van der Waals surface area contributed by atoms with Gasteiger partial charge in [0.1, 0.15) is 6.61 Å². The number of carbonyl (C=O) groups is 2. The second-order valence-electron chi connectivity index (χ2n) is 5.16. The van der Waals surface area contributed by atoms with Crippen LogP contribution in [0, 0.1) is 0 Å². The summed E-state index contributed by atoms with van der Waals surface area (Å²) in [5.74, 6) is -0.447. The van der Waals surface area contributed by atoms with Crippen molar-refractivity contribution in [3.8, 4) is 0 Å². The SMILES string of the molecule is CCOC(=O)C1(OC)CN(C(=O)OCc2ccccc2)[C@@H]1C. The molecule has 0 bridgehead atoms. The Bertz CT molecular complexity index is 533. The number of hydrogen-bond acceptors (Lipinski definition) is 5. The highest BCUT2D eigenvalue weighted by atomic mass is 16.6. The second-order valence-corrected chi connectivity index (χ2v) is 5.16. The molecular formula is C16H21NO5. The van der Waals surface area contributed by atoms with E-state index in [-0.39, 0.29) is 19.8 Å². The van der Waals surface area contributed by atoms with Crippen LogP contribution in [-0.4, -0.2) is 48.9 Å². The predicted molar refractivity (Wildman–Crippen MR) is 79.2 cm³/mol. The topological polar surface area (TPSA) is 65.1 Å². The molecule has 0 N–H and O–H groups in total. The van der Waals surface area contributed by atoms with Gasteiger partial charge in [0.2, 0.25) is 5.60 Å². The lowest BCUT2D eigenvalue weighted by atomic mass is 9.84. The highest BCUT2D eigenvalue weighted by molar-refractivity contribution is 5.85. The number of hydrogen-bond donors (Lipinski definition) is 0. The number of rotatable bonds is 5. The van der Waals surface area contributed by atoms with Crippen molar-refractivity contribution in [3.63, 3.8) is 0 Å². The van der Waals surface area contributed by atoms with E-state index in [4.69, 9.17) is 14.2 Å². The molecule has 2 rings (SSSR count). The fraction of sp³-hybridized carbons (Fsp3) is 0.500. The van der Waals surface area contributed by atoms with Gasteiger partial charge in [0, 0.05) is 7.11 Å². The second kappa shape index (κ2) is 6.79. The number of benzene rings is 1. The van der Waals surface area contributed by atoms with Crippen molar-refractivity contribution in [3.05, 3.63) is 35.9 Å². The fourth-order valence-electron chi connectivity index (χ4n) is 2.49. The van der Waals surface area contributed by atoms with Crippen molar-refractivity contribution >= 4 is 12.1 Å². The number of amides is 1. The molecule has 1 unspecified atom stereocenters. The Balaban J connectivity index is 1.92. The van der Waals surface area contributed by atoms with Gasteiger partial charge in [-0.25, -0.2) is 9.59 Å². The van der Waals surface area contributed by atoms with Crippen LogP contribution in [0.15, 0.2) is 30.3 Å². The Labute approximate surface area is 129 Å². The molecule has 120 valence electrons. The van der Waals surface area contributed by atoms with E-state index < -0.39 is 23.7 Å². The third-order valence-corrected chi connectivity index (χ3v) is 3.97. The summed E-state index contributed by atoms with van der Waals surface area (Å²) in [5.41, 5.74) is -0.186. The maximum Gasteiger partial charge on any atom is 0.410 e. The molecule has 0 radical (unpaired) electrons. The van der Waals surface area contributed by atoms with Crippen molar-refractivity contribution in [1.82, 2.24) is 4.90 Å². The molecule has 1 amide bonds. The zero-order chi connectivity index (χ0) is 16.2. The molecule has 0 spiro atoms. The van der Waals surface area contributed by atoms with Gasteiger partial charge in [0.05, 0.1) is 19.2 Å². The van der Waals surface area contributed by atoms with E-state index >= 15 is 0 Å². The molecule has 22 heavy (non-hydrogen) atoms. The normalized spacial score (nSPS) is 23.6. The van der Waals surface area contributed by atoms with Crippen LogP contribution in [0.1, 0.15) is 19.4 Å². The number of ether oxygens (including phenoxy) is 3. The highest BCUT2D eigenvalue weighted by Gasteiger charge is 2.59. The minimum absolute atomic E-state index is 0.136. The summed E-state index contributed by atoms with van der Waals surface area (Å²) in [4.78, 5) is 25.6. The monoisotopic (exact) mass is 307 g/mol. The molecule has 1 fully saturated rings. The summed E-state index contributed by atoms with van der Waals surface area (Å²) in [6.07, 6.45) is -0.465. The van der Waals surface area contributed by atoms with Gasteiger partial charge in [-0.05, 0) is 19.4 Å². The molecule has 1 aliphatic heterocycles. The Morgan fingerprint density at radius 3 is 2.50 bits per heavy atom. The van der Waals surface area contributed by atoms with Crippen LogP contribution in [-0.2, 0) is 25.6 Å². The standard InChI is InChI=1S/C16H21NO5/c1-4-21-14(18)16(20-3)11-17(12(16)2)15(19)22-10-13-8-6-5-7-9-13/h5-9,12H,4,10-11H2,1-3H3/t12-,16?/m1/s1. The van der Waals surface area contributed by atoms with Gasteiger partial charge in [0.15, 0.2) is 0 Å². The molecule has 1 aliphatic rings. The molecule has 6 heteroatoms. The van der Waals surface area contributed by atoms with Crippen molar-refractivity contribution in [2.24, 2.45) is 0 Å². The average molecular weight is 307 g/mol. The Morgan fingerprint density at radius 1 is 1.27 bits per heavy atom. The van der Waals surface area contributed by atoms with E-state index in [0.717, 1.165) is 5.56 Å². The maximum absolute atomic E-state index is 12.1. The van der Waals surface area contributed by atoms with E-state index in [1.807, 2.05) is 30.3 Å². The van der Waals surface area contributed by atoms with Crippen LogP contribution in [0.5, 0.6) is 0 Å². The maximum atomic E-state index is 12.1. The largest absolute Gasteiger partial charge is 0.464 e. The molecule has 1 saturated heterocycles. The predicted octanol–water partition coefficient (Wildman–Crippen LogP) is 1.98. The van der Waals surface area contributed by atoms with Gasteiger partial charge in [0.25, 0.3) is 0 Å². The number of carbonyl (C=O) groups excluding carboxylic acids is 2. The van der Waals surface area contributed by atoms with Gasteiger partial charge >= 0.3 is 12.1 Å². The fourth-order valence-corrected chi connectivity index (χ4v) is 2.49. The summed E-state index contributed by atoms with van der Waals surface area (Å²) in [6.45, 7) is 4.08. The quantitative estimate of drug-likeness (QED) is 0.778. The molecule has 1 heterocycles. The van der Waals surface area contributed by atoms with E-state index in [1.165, 1.54) is 12.0 Å². The first kappa shape index (κ1) is 16.3. The van der Waals surface area contributed by atoms with Crippen LogP contribution in [0.3, 0.4) is 0 Å². The zero-order valence-electron chi connectivity index (χ0n) is 13.1. The van der Waals surface area contributed by atoms with Crippen molar-refractivity contribution < 1.29 is 23.8 Å². The molecular weight excluding hydrogens is 286 g/mol. The lowest BCUT2D eigenvalue weighted by Crippen LogP contribution is -2.74. The summed E-state index contributed by atoms with van der Waals surface area (Å²) >= 11 is 0. The summed E-state index contributed by atoms with van der Waals surface area (Å²) in [7, 11) is 1.44. The van der Waals surface area contributed by atoms with Crippen LogP contribution < -0.4 is 0 Å². The Hall–Kier alpha value is -2.08. The number of nitrogens with zero attached hydrogens (tertiary/aromatic N) is 1. The van der Waals surface area contributed by atoms with Crippen molar-refractivity contribution in [2.45, 2.75) is 32.1 Å². The molecule has 0 aliphatic carbocycles. The molecule has 2 atom stereocenters. The third kappa shape index (κ3) is 2.92. The first-order valence-electron chi connectivity index (χ1n) is 7.25. The summed E-state index contributed by atoms with van der Waals surface area (Å²) in [5, 5.41) is 0. The number of methoxy groups -OCH3 is 1. The third-order valence-electron chi connectivity index (χ3n) is 3.97. The van der Waals surface area contributed by atoms with E-state index in [1.54, 1.807) is 13.8 Å². The van der Waals surface area contributed by atoms with E-state index in [0.29, 0.717) is 0 Å². The number of esters is 1. The van der Waals surface area contributed by atoms with Crippen LogP contribution in [0.4, 0.5) is 4.79 Å². The van der Waals surface area contributed by atoms with E-state index in [9.17, 15) is 9.59 Å². The van der Waals surface area contributed by atoms with Gasteiger partial charge in [-0.1, -0.05) is 30.3 Å². The van der Waals surface area contributed by atoms with Gasteiger partial charge in [-0.2, -0.15) is 0 Å². The summed E-state index contributed by atoms with van der Waals surface area (Å²) in [6, 6.07) is 8.99. The van der Waals surface area contributed by atoms with Crippen molar-refractivity contribution in [1.29, 1.82) is 0 Å². The number of likely N-dealkylation sites (tertiary alicyclic amines) is 1. The van der Waals surface area contributed by atoms with Crippen LogP contribution >= 0.6 is 0 Å².